The van der Waals surface area contributed by atoms with Crippen molar-refractivity contribution in [1.29, 1.82) is 0 Å². The number of phenolic OH excluding ortho intramolecular Hbond substituents is 1. The van der Waals surface area contributed by atoms with E-state index >= 15 is 0 Å². The van der Waals surface area contributed by atoms with Gasteiger partial charge < -0.3 is 14.9 Å². The van der Waals surface area contributed by atoms with Crippen LogP contribution in [0.1, 0.15) is 18.6 Å². The number of carbonyl (C=O) groups excluding carboxylic acids is 1. The van der Waals surface area contributed by atoms with Crippen molar-refractivity contribution < 1.29 is 24.5 Å². The van der Waals surface area contributed by atoms with Gasteiger partial charge >= 0.3 is 12.1 Å². The SMILES string of the molecule is C[C@@H](/C=C/C(=O)O)[C@H](OC(=O)Nc1ccccc1)c1ccc(O)c2ccccc12. The Hall–Kier alpha value is -3.80. The van der Waals surface area contributed by atoms with Crippen LogP contribution in [0.4, 0.5) is 10.5 Å². The van der Waals surface area contributed by atoms with Crippen LogP contribution in [0.25, 0.3) is 10.8 Å². The summed E-state index contributed by atoms with van der Waals surface area (Å²) in [6.07, 6.45) is 1.08. The summed E-state index contributed by atoms with van der Waals surface area (Å²) in [7, 11) is 0. The van der Waals surface area contributed by atoms with Gasteiger partial charge in [-0.25, -0.2) is 9.59 Å². The van der Waals surface area contributed by atoms with Gasteiger partial charge in [-0.1, -0.05) is 61.5 Å². The number of carboxylic acid groups (broad SMARTS) is 1. The molecule has 0 fully saturated rings. The van der Waals surface area contributed by atoms with Gasteiger partial charge in [0.15, 0.2) is 0 Å². The number of aliphatic carboxylic acids is 1. The minimum Gasteiger partial charge on any atom is -0.507 e. The molecule has 1 amide bonds. The lowest BCUT2D eigenvalue weighted by Crippen LogP contribution is -2.21. The number of benzene rings is 3. The van der Waals surface area contributed by atoms with Crippen LogP contribution in [0.15, 0.2) is 78.9 Å². The van der Waals surface area contributed by atoms with Gasteiger partial charge in [0.25, 0.3) is 0 Å². The molecule has 6 heteroatoms. The summed E-state index contributed by atoms with van der Waals surface area (Å²) in [6, 6.07) is 19.3. The van der Waals surface area contributed by atoms with Crippen molar-refractivity contribution >= 4 is 28.5 Å². The quantitative estimate of drug-likeness (QED) is 0.507. The summed E-state index contributed by atoms with van der Waals surface area (Å²) in [5.74, 6) is -1.40. The maximum atomic E-state index is 12.5. The molecule has 0 saturated carbocycles. The first-order valence-electron chi connectivity index (χ1n) is 9.10. The number of ether oxygens (including phenoxy) is 1. The number of carboxylic acids is 1. The Morgan fingerprint density at radius 2 is 1.62 bits per heavy atom. The van der Waals surface area contributed by atoms with E-state index in [1.54, 1.807) is 49.4 Å². The first kappa shape index (κ1) is 19.9. The fourth-order valence-corrected chi connectivity index (χ4v) is 3.13. The van der Waals surface area contributed by atoms with Crippen molar-refractivity contribution in [3.8, 4) is 5.75 Å². The lowest BCUT2D eigenvalue weighted by atomic mass is 9.92. The minimum absolute atomic E-state index is 0.116. The normalized spacial score (nSPS) is 13.1. The van der Waals surface area contributed by atoms with Crippen molar-refractivity contribution in [3.63, 3.8) is 0 Å². The van der Waals surface area contributed by atoms with Crippen LogP contribution in [0.2, 0.25) is 0 Å². The van der Waals surface area contributed by atoms with Crippen LogP contribution in [-0.4, -0.2) is 22.3 Å². The highest BCUT2D eigenvalue weighted by Gasteiger charge is 2.25. The van der Waals surface area contributed by atoms with Crippen LogP contribution in [0.5, 0.6) is 5.75 Å². The highest BCUT2D eigenvalue weighted by molar-refractivity contribution is 5.91. The zero-order valence-electron chi connectivity index (χ0n) is 15.8. The molecular weight excluding hydrogens is 370 g/mol. The Kier molecular flexibility index (Phi) is 6.14. The van der Waals surface area contributed by atoms with Crippen molar-refractivity contribution in [2.45, 2.75) is 13.0 Å². The van der Waals surface area contributed by atoms with Gasteiger partial charge in [0.2, 0.25) is 0 Å². The molecule has 0 saturated heterocycles. The number of hydrogen-bond acceptors (Lipinski definition) is 4. The molecule has 0 aliphatic carbocycles. The smallest absolute Gasteiger partial charge is 0.412 e. The highest BCUT2D eigenvalue weighted by Crippen LogP contribution is 2.36. The predicted molar refractivity (Wildman–Crippen MR) is 111 cm³/mol. The topological polar surface area (TPSA) is 95.9 Å². The fourth-order valence-electron chi connectivity index (χ4n) is 3.13. The fraction of sp³-hybridized carbons (Fsp3) is 0.130. The number of carbonyl (C=O) groups is 2. The number of anilines is 1. The molecular formula is C23H21NO5. The molecule has 0 aliphatic rings. The van der Waals surface area contributed by atoms with Gasteiger partial charge in [-0.15, -0.1) is 0 Å². The molecule has 6 nitrogen and oxygen atoms in total. The highest BCUT2D eigenvalue weighted by atomic mass is 16.6. The molecule has 0 unspecified atom stereocenters. The van der Waals surface area contributed by atoms with E-state index in [9.17, 15) is 14.7 Å². The third-order valence-electron chi connectivity index (χ3n) is 4.52. The first-order chi connectivity index (χ1) is 14.0. The molecule has 0 bridgehead atoms. The molecule has 0 aliphatic heterocycles. The van der Waals surface area contributed by atoms with Gasteiger partial charge in [0, 0.05) is 28.6 Å². The average Bonchev–Trinajstić information content (AvgIpc) is 2.72. The third-order valence-corrected chi connectivity index (χ3v) is 4.52. The van der Waals surface area contributed by atoms with Crippen LogP contribution in [0.3, 0.4) is 0 Å². The maximum Gasteiger partial charge on any atom is 0.412 e. The van der Waals surface area contributed by atoms with E-state index in [0.29, 0.717) is 16.6 Å². The molecule has 3 N–H and O–H groups in total. The average molecular weight is 391 g/mol. The summed E-state index contributed by atoms with van der Waals surface area (Å²) in [4.78, 5) is 23.5. The van der Waals surface area contributed by atoms with Crippen molar-refractivity contribution in [2.24, 2.45) is 5.92 Å². The van der Waals surface area contributed by atoms with Gasteiger partial charge in [-0.05, 0) is 23.6 Å². The Morgan fingerprint density at radius 1 is 0.966 bits per heavy atom. The zero-order chi connectivity index (χ0) is 20.8. The molecule has 0 spiro atoms. The lowest BCUT2D eigenvalue weighted by Gasteiger charge is -2.24. The standard InChI is InChI=1S/C23H21NO5/c1-15(11-14-21(26)27)22(29-23(28)24-16-7-3-2-4-8-16)19-12-13-20(25)18-10-6-5-9-17(18)19/h2-15,22,25H,1H3,(H,24,28)(H,26,27)/b14-11+/t15-,22-/m0/s1. The molecule has 29 heavy (non-hydrogen) atoms. The van der Waals surface area contributed by atoms with Gasteiger partial charge in [0.05, 0.1) is 0 Å². The van der Waals surface area contributed by atoms with E-state index in [4.69, 9.17) is 9.84 Å². The molecule has 3 rings (SSSR count). The number of amides is 1. The number of fused-ring (bicyclic) bond motifs is 1. The molecule has 0 aromatic heterocycles. The van der Waals surface area contributed by atoms with E-state index in [2.05, 4.69) is 5.32 Å². The zero-order valence-corrected chi connectivity index (χ0v) is 15.8. The second-order valence-corrected chi connectivity index (χ2v) is 6.59. The number of para-hydroxylation sites is 1. The van der Waals surface area contributed by atoms with Crippen LogP contribution in [0, 0.1) is 5.92 Å². The predicted octanol–water partition coefficient (Wildman–Crippen LogP) is 5.11. The number of hydrogen-bond donors (Lipinski definition) is 3. The Morgan fingerprint density at radius 3 is 2.31 bits per heavy atom. The third kappa shape index (κ3) is 4.93. The van der Waals surface area contributed by atoms with Crippen LogP contribution in [-0.2, 0) is 9.53 Å². The molecule has 3 aromatic rings. The number of phenols is 1. The number of rotatable bonds is 6. The number of nitrogens with one attached hydrogen (secondary N) is 1. The molecule has 2 atom stereocenters. The summed E-state index contributed by atoms with van der Waals surface area (Å²) in [5, 5.41) is 23.1. The second kappa shape index (κ2) is 8.93. The lowest BCUT2D eigenvalue weighted by molar-refractivity contribution is -0.131. The summed E-state index contributed by atoms with van der Waals surface area (Å²) in [6.45, 7) is 1.77. The first-order valence-corrected chi connectivity index (χ1v) is 9.10. The van der Waals surface area contributed by atoms with Gasteiger partial charge in [-0.2, -0.15) is 0 Å². The molecule has 0 heterocycles. The van der Waals surface area contributed by atoms with Crippen LogP contribution < -0.4 is 5.32 Å². The molecule has 0 radical (unpaired) electrons. The summed E-state index contributed by atoms with van der Waals surface area (Å²) < 4.78 is 5.71. The molecule has 3 aromatic carbocycles. The Bertz CT molecular complexity index is 1050. The maximum absolute atomic E-state index is 12.5. The van der Waals surface area contributed by atoms with E-state index < -0.39 is 24.1 Å². The second-order valence-electron chi connectivity index (χ2n) is 6.59. The van der Waals surface area contributed by atoms with E-state index in [1.807, 2.05) is 18.2 Å². The Labute approximate surface area is 168 Å². The van der Waals surface area contributed by atoms with Crippen molar-refractivity contribution in [3.05, 3.63) is 84.4 Å². The van der Waals surface area contributed by atoms with Crippen LogP contribution >= 0.6 is 0 Å². The van der Waals surface area contributed by atoms with Gasteiger partial charge in [0.1, 0.15) is 11.9 Å². The molecule has 148 valence electrons. The van der Waals surface area contributed by atoms with Crippen molar-refractivity contribution in [1.82, 2.24) is 0 Å². The van der Waals surface area contributed by atoms with Crippen molar-refractivity contribution in [2.75, 3.05) is 5.32 Å². The van der Waals surface area contributed by atoms with E-state index in [-0.39, 0.29) is 5.75 Å². The summed E-state index contributed by atoms with van der Waals surface area (Å²) in [5.41, 5.74) is 1.25. The minimum atomic E-state index is -1.08. The summed E-state index contributed by atoms with van der Waals surface area (Å²) >= 11 is 0. The van der Waals surface area contributed by atoms with E-state index in [1.165, 1.54) is 12.1 Å². The van der Waals surface area contributed by atoms with Gasteiger partial charge in [-0.3, -0.25) is 5.32 Å². The number of aromatic hydroxyl groups is 1. The Balaban J connectivity index is 1.96. The van der Waals surface area contributed by atoms with E-state index in [0.717, 1.165) is 11.5 Å². The monoisotopic (exact) mass is 391 g/mol. The largest absolute Gasteiger partial charge is 0.507 e.